The lowest BCUT2D eigenvalue weighted by atomic mass is 10.6. The van der Waals surface area contributed by atoms with Crippen LogP contribution in [0.4, 0.5) is 26.3 Å². The Morgan fingerprint density at radius 2 is 1.14 bits per heavy atom. The van der Waals surface area contributed by atoms with Crippen LogP contribution >= 0.6 is 11.6 Å². The molecule has 0 saturated heterocycles. The van der Waals surface area contributed by atoms with Crippen molar-refractivity contribution in [2.75, 3.05) is 33.6 Å². The quantitative estimate of drug-likeness (QED) is 0.409. The Morgan fingerprint density at radius 3 is 1.23 bits per heavy atom. The standard InChI is InChI=1S/C5H13ClN.C2F6NO4S2/c1-7(2,3)5-4-6;3-1(4,5)14(10,11)9-15(12,13)2(6,7)8/h4-5H2,1-3H3;/q+1;-1. The highest BCUT2D eigenvalue weighted by molar-refractivity contribution is 8.13. The van der Waals surface area contributed by atoms with Crippen LogP contribution in [0.25, 0.3) is 4.13 Å². The molecule has 0 aromatic carbocycles. The highest BCUT2D eigenvalue weighted by atomic mass is 35.5. The molecule has 15 heteroatoms. The van der Waals surface area contributed by atoms with Crippen molar-refractivity contribution in [3.8, 4) is 0 Å². The molecule has 0 aliphatic heterocycles. The number of rotatable bonds is 4. The number of quaternary nitrogens is 1. The number of hydrogen-bond donors (Lipinski definition) is 0. The summed E-state index contributed by atoms with van der Waals surface area (Å²) in [6, 6.07) is 0. The minimum atomic E-state index is -6.72. The van der Waals surface area contributed by atoms with E-state index in [1.54, 1.807) is 0 Å². The summed E-state index contributed by atoms with van der Waals surface area (Å²) in [5.74, 6) is 0.753. The van der Waals surface area contributed by atoms with Gasteiger partial charge in [-0.2, -0.15) is 26.3 Å². The van der Waals surface area contributed by atoms with Gasteiger partial charge in [-0.1, -0.05) is 0 Å². The SMILES string of the molecule is C[N+](C)(C)CCCl.O=S(=O)([N-]S(=O)(=O)C(F)(F)F)C(F)(F)F. The summed E-state index contributed by atoms with van der Waals surface area (Å²) in [4.78, 5) is 0. The second kappa shape index (κ2) is 7.51. The molecule has 0 spiro atoms. The van der Waals surface area contributed by atoms with Crippen LogP contribution in [0, 0.1) is 0 Å². The zero-order chi connectivity index (χ0) is 18.6. The Labute approximate surface area is 128 Å². The molecule has 0 amide bonds. The normalized spacial score (nSPS) is 14.3. The van der Waals surface area contributed by atoms with E-state index >= 15 is 0 Å². The smallest absolute Gasteiger partial charge is 0.421 e. The van der Waals surface area contributed by atoms with Crippen LogP contribution in [0.1, 0.15) is 0 Å². The first-order valence-corrected chi connectivity index (χ1v) is 8.41. The number of nitrogens with zero attached hydrogens (tertiary/aromatic N) is 2. The van der Waals surface area contributed by atoms with Gasteiger partial charge >= 0.3 is 11.0 Å². The summed E-state index contributed by atoms with van der Waals surface area (Å²) in [6.45, 7) is 1.04. The summed E-state index contributed by atoms with van der Waals surface area (Å²) >= 11 is 5.47. The van der Waals surface area contributed by atoms with Crippen LogP contribution in [0.15, 0.2) is 0 Å². The Kier molecular flexibility index (Phi) is 8.17. The molecule has 0 bridgehead atoms. The molecule has 0 fully saturated rings. The van der Waals surface area contributed by atoms with E-state index < -0.39 is 31.1 Å². The Balaban J connectivity index is 0. The van der Waals surface area contributed by atoms with Crippen molar-refractivity contribution in [2.45, 2.75) is 11.0 Å². The molecule has 0 aliphatic carbocycles. The topological polar surface area (TPSA) is 82.4 Å². The summed E-state index contributed by atoms with van der Waals surface area (Å²) in [7, 11) is -7.06. The first-order valence-electron chi connectivity index (χ1n) is 5.00. The van der Waals surface area contributed by atoms with E-state index in [0.29, 0.717) is 0 Å². The van der Waals surface area contributed by atoms with Crippen molar-refractivity contribution in [1.82, 2.24) is 0 Å². The van der Waals surface area contributed by atoms with E-state index in [4.69, 9.17) is 11.6 Å². The lowest BCUT2D eigenvalue weighted by molar-refractivity contribution is -0.867. The van der Waals surface area contributed by atoms with Crippen molar-refractivity contribution in [1.29, 1.82) is 0 Å². The van der Waals surface area contributed by atoms with Crippen LogP contribution in [-0.4, -0.2) is 65.9 Å². The summed E-state index contributed by atoms with van der Waals surface area (Å²) in [6.07, 6.45) is 0. The third kappa shape index (κ3) is 8.97. The lowest BCUT2D eigenvalue weighted by Gasteiger charge is -2.22. The summed E-state index contributed by atoms with van der Waals surface area (Å²) in [5, 5.41) is 0. The third-order valence-electron chi connectivity index (χ3n) is 1.54. The molecule has 0 aliphatic rings. The molecule has 0 rings (SSSR count). The molecule has 0 aromatic heterocycles. The van der Waals surface area contributed by atoms with E-state index in [1.165, 1.54) is 0 Å². The Morgan fingerprint density at radius 1 is 0.864 bits per heavy atom. The second-order valence-corrected chi connectivity index (χ2v) is 8.42. The molecule has 0 N–H and O–H groups in total. The van der Waals surface area contributed by atoms with E-state index in [1.807, 2.05) is 0 Å². The molecule has 0 atom stereocenters. The predicted octanol–water partition coefficient (Wildman–Crippen LogP) is 1.99. The van der Waals surface area contributed by atoms with E-state index in [0.717, 1.165) is 21.0 Å². The third-order valence-corrected chi connectivity index (χ3v) is 4.45. The van der Waals surface area contributed by atoms with Gasteiger partial charge in [-0.15, -0.1) is 11.6 Å². The fraction of sp³-hybridized carbons (Fsp3) is 1.00. The Bertz CT molecular complexity index is 507. The predicted molar refractivity (Wildman–Crippen MR) is 66.9 cm³/mol. The van der Waals surface area contributed by atoms with Gasteiger partial charge in [-0.25, -0.2) is 16.8 Å². The van der Waals surface area contributed by atoms with Crippen LogP contribution in [0.3, 0.4) is 0 Å². The van der Waals surface area contributed by atoms with Crippen molar-refractivity contribution >= 4 is 31.6 Å². The lowest BCUT2D eigenvalue weighted by Crippen LogP contribution is -2.35. The molecular formula is C7H13ClF6N2O4S2. The monoisotopic (exact) mass is 402 g/mol. The first-order chi connectivity index (χ1) is 9.27. The molecule has 0 unspecified atom stereocenters. The van der Waals surface area contributed by atoms with Crippen LogP contribution in [-0.2, 0) is 20.0 Å². The van der Waals surface area contributed by atoms with Gasteiger partial charge in [0.15, 0.2) is 20.0 Å². The van der Waals surface area contributed by atoms with Crippen LogP contribution < -0.4 is 0 Å². The number of hydrogen-bond acceptors (Lipinski definition) is 4. The van der Waals surface area contributed by atoms with Crippen molar-refractivity contribution in [2.24, 2.45) is 0 Å². The minimum absolute atomic E-state index is 0.753. The largest absolute Gasteiger partial charge is 0.480 e. The zero-order valence-electron chi connectivity index (χ0n) is 11.4. The van der Waals surface area contributed by atoms with E-state index in [2.05, 4.69) is 21.1 Å². The highest BCUT2D eigenvalue weighted by Gasteiger charge is 2.46. The number of sulfonamides is 2. The molecule has 136 valence electrons. The van der Waals surface area contributed by atoms with Gasteiger partial charge in [0.1, 0.15) is 0 Å². The van der Waals surface area contributed by atoms with Gasteiger partial charge in [0.2, 0.25) is 0 Å². The molecular weight excluding hydrogens is 390 g/mol. The molecule has 0 heterocycles. The first kappa shape index (κ1) is 23.9. The van der Waals surface area contributed by atoms with E-state index in [9.17, 15) is 43.2 Å². The van der Waals surface area contributed by atoms with Gasteiger partial charge < -0.3 is 8.61 Å². The van der Waals surface area contributed by atoms with E-state index in [-0.39, 0.29) is 0 Å². The molecule has 0 radical (unpaired) electrons. The molecule has 0 aromatic rings. The molecule has 0 saturated carbocycles. The minimum Gasteiger partial charge on any atom is -0.421 e. The maximum absolute atomic E-state index is 11.4. The highest BCUT2D eigenvalue weighted by Crippen LogP contribution is 2.36. The summed E-state index contributed by atoms with van der Waals surface area (Å²) < 4.78 is 110. The second-order valence-electron chi connectivity index (χ2n) is 4.62. The molecule has 6 nitrogen and oxygen atoms in total. The van der Waals surface area contributed by atoms with Gasteiger partial charge in [0.25, 0.3) is 0 Å². The number of halogens is 7. The average Bonchev–Trinajstić information content (AvgIpc) is 2.10. The van der Waals surface area contributed by atoms with Gasteiger partial charge in [0.05, 0.1) is 33.6 Å². The maximum Gasteiger partial charge on any atom is 0.480 e. The van der Waals surface area contributed by atoms with Crippen LogP contribution in [0.2, 0.25) is 0 Å². The fourth-order valence-corrected chi connectivity index (χ4v) is 2.68. The Hall–Kier alpha value is -0.310. The van der Waals surface area contributed by atoms with Crippen LogP contribution in [0.5, 0.6) is 0 Å². The molecule has 22 heavy (non-hydrogen) atoms. The zero-order valence-corrected chi connectivity index (χ0v) is 13.8. The van der Waals surface area contributed by atoms with Gasteiger partial charge in [-0.05, 0) is 0 Å². The van der Waals surface area contributed by atoms with Crippen molar-refractivity contribution in [3.05, 3.63) is 4.13 Å². The van der Waals surface area contributed by atoms with Crippen molar-refractivity contribution in [3.63, 3.8) is 0 Å². The maximum atomic E-state index is 11.4. The van der Waals surface area contributed by atoms with Crippen molar-refractivity contribution < 1.29 is 47.7 Å². The number of alkyl halides is 7. The van der Waals surface area contributed by atoms with Gasteiger partial charge in [0, 0.05) is 0 Å². The van der Waals surface area contributed by atoms with Gasteiger partial charge in [-0.3, -0.25) is 0 Å². The fourth-order valence-electron chi connectivity index (χ4n) is 0.467. The summed E-state index contributed by atoms with van der Waals surface area (Å²) in [5.41, 5.74) is -12.4. The average molecular weight is 403 g/mol.